The quantitative estimate of drug-likeness (QED) is 0.776. The first-order valence-corrected chi connectivity index (χ1v) is 5.72. The molecule has 1 atom stereocenters. The molecule has 4 heteroatoms. The van der Waals surface area contributed by atoms with Crippen LogP contribution in [0.1, 0.15) is 39.5 Å². The lowest BCUT2D eigenvalue weighted by Gasteiger charge is -2.10. The van der Waals surface area contributed by atoms with E-state index in [1.165, 1.54) is 32.0 Å². The maximum atomic E-state index is 4.42. The first-order valence-electron chi connectivity index (χ1n) is 5.72. The second-order valence-electron chi connectivity index (χ2n) is 3.75. The Morgan fingerprint density at radius 2 is 2.33 bits per heavy atom. The lowest BCUT2D eigenvalue weighted by atomic mass is 10.00. The first-order chi connectivity index (χ1) is 7.36. The molecule has 0 saturated heterocycles. The predicted molar refractivity (Wildman–Crippen MR) is 60.1 cm³/mol. The second kappa shape index (κ2) is 7.15. The summed E-state index contributed by atoms with van der Waals surface area (Å²) in [5.74, 6) is 0.688. The molecule has 1 unspecified atom stereocenters. The van der Waals surface area contributed by atoms with Crippen LogP contribution in [0.15, 0.2) is 17.6 Å². The Labute approximate surface area is 90.9 Å². The summed E-state index contributed by atoms with van der Waals surface area (Å²) in [6, 6.07) is 0. The van der Waals surface area contributed by atoms with Gasteiger partial charge in [0, 0.05) is 6.54 Å². The van der Waals surface area contributed by atoms with Crippen LogP contribution in [-0.2, 0) is 0 Å². The Bertz CT molecular complexity index is 301. The van der Waals surface area contributed by atoms with Gasteiger partial charge in [-0.2, -0.15) is 0 Å². The number of aromatic amines is 1. The summed E-state index contributed by atoms with van der Waals surface area (Å²) in [4.78, 5) is 15.2. The van der Waals surface area contributed by atoms with E-state index in [4.69, 9.17) is 0 Å². The van der Waals surface area contributed by atoms with Gasteiger partial charge in [-0.15, -0.1) is 0 Å². The van der Waals surface area contributed by atoms with Gasteiger partial charge in [0.25, 0.3) is 0 Å². The van der Waals surface area contributed by atoms with Crippen molar-refractivity contribution in [2.24, 2.45) is 10.9 Å². The molecule has 0 radical (unpaired) electrons. The average Bonchev–Trinajstić information content (AvgIpc) is 2.31. The van der Waals surface area contributed by atoms with Gasteiger partial charge in [0.2, 0.25) is 5.62 Å². The molecule has 4 nitrogen and oxygen atoms in total. The topological polar surface area (TPSA) is 53.9 Å². The lowest BCUT2D eigenvalue weighted by Crippen LogP contribution is -2.15. The van der Waals surface area contributed by atoms with Crippen molar-refractivity contribution < 1.29 is 0 Å². The molecule has 0 fully saturated rings. The van der Waals surface area contributed by atoms with Crippen LogP contribution < -0.4 is 5.62 Å². The highest BCUT2D eigenvalue weighted by molar-refractivity contribution is 4.63. The molecule has 84 valence electrons. The monoisotopic (exact) mass is 208 g/mol. The largest absolute Gasteiger partial charge is 0.315 e. The molecule has 0 spiro atoms. The molecule has 0 aliphatic heterocycles. The normalized spacial score (nSPS) is 14.1. The summed E-state index contributed by atoms with van der Waals surface area (Å²) in [6.07, 6.45) is 8.13. The fraction of sp³-hybridized carbons (Fsp3) is 0.727. The highest BCUT2D eigenvalue weighted by Gasteiger charge is 2.03. The maximum Gasteiger partial charge on any atom is 0.224 e. The number of rotatable bonds is 6. The van der Waals surface area contributed by atoms with Gasteiger partial charge >= 0.3 is 0 Å². The number of hydrogen-bond donors (Lipinski definition) is 1. The van der Waals surface area contributed by atoms with E-state index in [1.54, 1.807) is 6.33 Å². The van der Waals surface area contributed by atoms with Gasteiger partial charge in [0.15, 0.2) is 0 Å². The number of aromatic nitrogens is 3. The van der Waals surface area contributed by atoms with Gasteiger partial charge in [0.1, 0.15) is 6.33 Å². The van der Waals surface area contributed by atoms with Gasteiger partial charge in [-0.25, -0.2) is 9.97 Å². The molecule has 1 aromatic rings. The molecule has 0 aliphatic carbocycles. The molecule has 1 heterocycles. The second-order valence-corrected chi connectivity index (χ2v) is 3.75. The number of hydrogen-bond acceptors (Lipinski definition) is 3. The van der Waals surface area contributed by atoms with Crippen molar-refractivity contribution in [3.05, 3.63) is 18.3 Å². The van der Waals surface area contributed by atoms with Crippen LogP contribution >= 0.6 is 0 Å². The van der Waals surface area contributed by atoms with E-state index in [-0.39, 0.29) is 0 Å². The van der Waals surface area contributed by atoms with Crippen LogP contribution in [0.4, 0.5) is 0 Å². The zero-order chi connectivity index (χ0) is 10.9. The molecule has 0 aliphatic rings. The van der Waals surface area contributed by atoms with E-state index < -0.39 is 0 Å². The minimum absolute atomic E-state index is 0.681. The molecule has 0 bridgehead atoms. The van der Waals surface area contributed by atoms with Crippen LogP contribution in [0.25, 0.3) is 0 Å². The summed E-state index contributed by atoms with van der Waals surface area (Å²) >= 11 is 0. The van der Waals surface area contributed by atoms with E-state index in [0.29, 0.717) is 11.5 Å². The molecular formula is C11H20N4. The highest BCUT2D eigenvalue weighted by Crippen LogP contribution is 2.12. The van der Waals surface area contributed by atoms with E-state index >= 15 is 0 Å². The third-order valence-electron chi connectivity index (χ3n) is 2.56. The van der Waals surface area contributed by atoms with Crippen LogP contribution in [0.3, 0.4) is 0 Å². The van der Waals surface area contributed by atoms with Crippen LogP contribution in [0.2, 0.25) is 0 Å². The Morgan fingerprint density at radius 1 is 1.47 bits per heavy atom. The number of H-pyrrole nitrogens is 1. The predicted octanol–water partition coefficient (Wildman–Crippen LogP) is 1.92. The first kappa shape index (κ1) is 11.9. The van der Waals surface area contributed by atoms with Gasteiger partial charge in [-0.1, -0.05) is 33.1 Å². The van der Waals surface area contributed by atoms with Crippen molar-refractivity contribution >= 4 is 0 Å². The maximum absolute atomic E-state index is 4.42. The summed E-state index contributed by atoms with van der Waals surface area (Å²) in [6.45, 7) is 5.31. The van der Waals surface area contributed by atoms with Crippen molar-refractivity contribution in [2.45, 2.75) is 39.5 Å². The number of nitrogens with zero attached hydrogens (tertiary/aromatic N) is 3. The van der Waals surface area contributed by atoms with Crippen molar-refractivity contribution in [1.82, 2.24) is 15.0 Å². The fourth-order valence-corrected chi connectivity index (χ4v) is 1.47. The SMILES string of the molecule is CCCCC(CC)CN=c1ncnc[nH]1. The number of unbranched alkanes of at least 4 members (excludes halogenated alkanes) is 1. The Balaban J connectivity index is 2.46. The van der Waals surface area contributed by atoms with E-state index in [9.17, 15) is 0 Å². The van der Waals surface area contributed by atoms with Gasteiger partial charge in [-0.05, 0) is 12.3 Å². The van der Waals surface area contributed by atoms with Crippen LogP contribution in [0.5, 0.6) is 0 Å². The Kier molecular flexibility index (Phi) is 5.66. The van der Waals surface area contributed by atoms with Crippen LogP contribution in [0, 0.1) is 5.92 Å². The molecular weight excluding hydrogens is 188 g/mol. The standard InChI is InChI=1S/C11H20N4/c1-3-5-6-10(4-2)7-13-11-14-8-12-9-15-11/h8-10H,3-7H2,1-2H3,(H,12,13,14,15). The Hall–Kier alpha value is -1.19. The lowest BCUT2D eigenvalue weighted by molar-refractivity contribution is 0.457. The average molecular weight is 208 g/mol. The minimum Gasteiger partial charge on any atom is -0.315 e. The zero-order valence-electron chi connectivity index (χ0n) is 9.61. The molecule has 0 aromatic carbocycles. The Morgan fingerprint density at radius 3 is 2.93 bits per heavy atom. The summed E-state index contributed by atoms with van der Waals surface area (Å²) in [7, 11) is 0. The molecule has 1 rings (SSSR count). The van der Waals surface area contributed by atoms with E-state index in [1.807, 2.05) is 0 Å². The van der Waals surface area contributed by atoms with Gasteiger partial charge < -0.3 is 4.98 Å². The molecule has 0 saturated carbocycles. The summed E-state index contributed by atoms with van der Waals surface area (Å²) in [5.41, 5.74) is 0.681. The molecule has 1 N–H and O–H groups in total. The highest BCUT2D eigenvalue weighted by atomic mass is 15.0. The molecule has 1 aromatic heterocycles. The van der Waals surface area contributed by atoms with Crippen molar-refractivity contribution in [1.29, 1.82) is 0 Å². The van der Waals surface area contributed by atoms with Crippen LogP contribution in [-0.4, -0.2) is 21.5 Å². The van der Waals surface area contributed by atoms with E-state index in [2.05, 4.69) is 33.8 Å². The molecule has 15 heavy (non-hydrogen) atoms. The third kappa shape index (κ3) is 4.72. The summed E-state index contributed by atoms with van der Waals surface area (Å²) < 4.78 is 0. The van der Waals surface area contributed by atoms with Crippen molar-refractivity contribution in [3.8, 4) is 0 Å². The third-order valence-corrected chi connectivity index (χ3v) is 2.56. The van der Waals surface area contributed by atoms with Gasteiger partial charge in [-0.3, -0.25) is 4.99 Å². The summed E-state index contributed by atoms with van der Waals surface area (Å²) in [5, 5.41) is 0. The van der Waals surface area contributed by atoms with Gasteiger partial charge in [0.05, 0.1) is 6.33 Å². The number of nitrogens with one attached hydrogen (secondary N) is 1. The van der Waals surface area contributed by atoms with Crippen molar-refractivity contribution in [2.75, 3.05) is 6.54 Å². The fourth-order valence-electron chi connectivity index (χ4n) is 1.47. The smallest absolute Gasteiger partial charge is 0.224 e. The van der Waals surface area contributed by atoms with Crippen molar-refractivity contribution in [3.63, 3.8) is 0 Å². The molecule has 0 amide bonds. The van der Waals surface area contributed by atoms with E-state index in [0.717, 1.165) is 6.54 Å². The minimum atomic E-state index is 0.681. The zero-order valence-corrected chi connectivity index (χ0v) is 9.61.